The normalized spacial score (nSPS) is 10.2. The zero-order chi connectivity index (χ0) is 12.1. The summed E-state index contributed by atoms with van der Waals surface area (Å²) >= 11 is 1.26. The fourth-order valence-corrected chi connectivity index (χ4v) is 1.73. The molecule has 0 spiro atoms. The highest BCUT2D eigenvalue weighted by Gasteiger charge is 2.08. The quantitative estimate of drug-likeness (QED) is 0.747. The molecule has 8 heteroatoms. The standard InChI is InChI=1S/C9H10N6OS/c1-10-7(16)4-17-9-13-8(14-15-9)6-2-3-11-5-12-6/h2-3,5H,4H2,1H3,(H,10,16)(H,13,14,15). The van der Waals surface area contributed by atoms with E-state index in [1.165, 1.54) is 18.1 Å². The van der Waals surface area contributed by atoms with Crippen molar-refractivity contribution in [3.63, 3.8) is 0 Å². The number of nitrogens with one attached hydrogen (secondary N) is 2. The van der Waals surface area contributed by atoms with E-state index >= 15 is 0 Å². The molecule has 0 radical (unpaired) electrons. The second-order valence-corrected chi connectivity index (χ2v) is 3.97. The molecule has 7 nitrogen and oxygen atoms in total. The Balaban J connectivity index is 2.04. The Morgan fingerprint density at radius 2 is 2.47 bits per heavy atom. The number of H-pyrrole nitrogens is 1. The first-order valence-corrected chi connectivity index (χ1v) is 5.80. The number of aromatic amines is 1. The van der Waals surface area contributed by atoms with Gasteiger partial charge in [0.2, 0.25) is 11.1 Å². The fraction of sp³-hybridized carbons (Fsp3) is 0.222. The molecule has 0 atom stereocenters. The predicted molar refractivity (Wildman–Crippen MR) is 62.2 cm³/mol. The van der Waals surface area contributed by atoms with Crippen molar-refractivity contribution in [3.8, 4) is 11.5 Å². The van der Waals surface area contributed by atoms with E-state index in [2.05, 4.69) is 30.5 Å². The largest absolute Gasteiger partial charge is 0.358 e. The lowest BCUT2D eigenvalue weighted by molar-refractivity contribution is -0.118. The van der Waals surface area contributed by atoms with Crippen LogP contribution in [-0.2, 0) is 4.79 Å². The topological polar surface area (TPSA) is 96.5 Å². The number of nitrogens with zero attached hydrogens (tertiary/aromatic N) is 4. The van der Waals surface area contributed by atoms with Gasteiger partial charge in [-0.3, -0.25) is 9.89 Å². The molecule has 0 aliphatic rings. The number of rotatable bonds is 4. The second-order valence-electron chi connectivity index (χ2n) is 3.02. The van der Waals surface area contributed by atoms with Crippen molar-refractivity contribution >= 4 is 17.7 Å². The number of hydrogen-bond acceptors (Lipinski definition) is 6. The van der Waals surface area contributed by atoms with Crippen LogP contribution >= 0.6 is 11.8 Å². The van der Waals surface area contributed by atoms with E-state index in [0.717, 1.165) is 0 Å². The molecule has 17 heavy (non-hydrogen) atoms. The third-order valence-electron chi connectivity index (χ3n) is 1.90. The first-order chi connectivity index (χ1) is 8.29. The van der Waals surface area contributed by atoms with Gasteiger partial charge in [0, 0.05) is 13.2 Å². The van der Waals surface area contributed by atoms with Crippen LogP contribution in [0.3, 0.4) is 0 Å². The average Bonchev–Trinajstić information content (AvgIpc) is 2.86. The summed E-state index contributed by atoms with van der Waals surface area (Å²) < 4.78 is 0. The lowest BCUT2D eigenvalue weighted by atomic mass is 10.4. The smallest absolute Gasteiger partial charge is 0.230 e. The number of hydrogen-bond donors (Lipinski definition) is 2. The molecule has 88 valence electrons. The highest BCUT2D eigenvalue weighted by molar-refractivity contribution is 7.99. The van der Waals surface area contributed by atoms with Gasteiger partial charge in [0.15, 0.2) is 5.82 Å². The SMILES string of the molecule is CNC(=O)CSc1n[nH]c(-c2ccncn2)n1. The van der Waals surface area contributed by atoms with Gasteiger partial charge in [-0.15, -0.1) is 5.10 Å². The summed E-state index contributed by atoms with van der Waals surface area (Å²) in [7, 11) is 1.59. The summed E-state index contributed by atoms with van der Waals surface area (Å²) in [4.78, 5) is 23.1. The van der Waals surface area contributed by atoms with Crippen molar-refractivity contribution < 1.29 is 4.79 Å². The van der Waals surface area contributed by atoms with E-state index in [1.54, 1.807) is 19.3 Å². The number of amides is 1. The molecule has 0 saturated heterocycles. The van der Waals surface area contributed by atoms with Crippen molar-refractivity contribution in [3.05, 3.63) is 18.6 Å². The summed E-state index contributed by atoms with van der Waals surface area (Å²) in [6.45, 7) is 0. The van der Waals surface area contributed by atoms with Gasteiger partial charge in [-0.05, 0) is 6.07 Å². The van der Waals surface area contributed by atoms with Crippen LogP contribution in [-0.4, -0.2) is 43.9 Å². The van der Waals surface area contributed by atoms with Gasteiger partial charge >= 0.3 is 0 Å². The molecule has 2 aromatic heterocycles. The van der Waals surface area contributed by atoms with Crippen LogP contribution in [0.4, 0.5) is 0 Å². The molecule has 0 aliphatic carbocycles. The number of carbonyl (C=O) groups is 1. The van der Waals surface area contributed by atoms with Gasteiger partial charge in [-0.25, -0.2) is 9.97 Å². The predicted octanol–water partition coefficient (Wildman–Crippen LogP) is 0.0998. The van der Waals surface area contributed by atoms with Crippen LogP contribution < -0.4 is 5.32 Å². The van der Waals surface area contributed by atoms with Crippen molar-refractivity contribution in [2.45, 2.75) is 5.16 Å². The summed E-state index contributed by atoms with van der Waals surface area (Å²) in [6, 6.07) is 1.73. The Bertz CT molecular complexity index is 499. The van der Waals surface area contributed by atoms with E-state index in [0.29, 0.717) is 16.7 Å². The van der Waals surface area contributed by atoms with Gasteiger partial charge in [-0.2, -0.15) is 4.98 Å². The molecule has 2 heterocycles. The molecular formula is C9H10N6OS. The van der Waals surface area contributed by atoms with E-state index in [-0.39, 0.29) is 11.7 Å². The van der Waals surface area contributed by atoms with Gasteiger partial charge in [0.25, 0.3) is 0 Å². The van der Waals surface area contributed by atoms with Crippen LogP contribution in [0.25, 0.3) is 11.5 Å². The lowest BCUT2D eigenvalue weighted by Gasteiger charge is -1.94. The van der Waals surface area contributed by atoms with Gasteiger partial charge in [0.05, 0.1) is 5.75 Å². The maximum atomic E-state index is 11.0. The molecule has 2 N–H and O–H groups in total. The highest BCUT2D eigenvalue weighted by Crippen LogP contribution is 2.16. The second kappa shape index (κ2) is 5.39. The van der Waals surface area contributed by atoms with Crippen LogP contribution in [0.1, 0.15) is 0 Å². The third-order valence-corrected chi connectivity index (χ3v) is 2.75. The molecule has 1 amide bonds. The first kappa shape index (κ1) is 11.5. The molecule has 0 bridgehead atoms. The van der Waals surface area contributed by atoms with Crippen molar-refractivity contribution in [1.29, 1.82) is 0 Å². The average molecular weight is 250 g/mol. The maximum absolute atomic E-state index is 11.0. The van der Waals surface area contributed by atoms with Gasteiger partial charge in [0.1, 0.15) is 12.0 Å². The van der Waals surface area contributed by atoms with E-state index in [1.807, 2.05) is 0 Å². The van der Waals surface area contributed by atoms with Crippen molar-refractivity contribution in [2.24, 2.45) is 0 Å². The minimum Gasteiger partial charge on any atom is -0.358 e. The lowest BCUT2D eigenvalue weighted by Crippen LogP contribution is -2.19. The molecule has 0 fully saturated rings. The third kappa shape index (κ3) is 3.00. The van der Waals surface area contributed by atoms with E-state index in [4.69, 9.17) is 0 Å². The zero-order valence-corrected chi connectivity index (χ0v) is 9.86. The Kier molecular flexibility index (Phi) is 3.66. The Hall–Kier alpha value is -1.96. The summed E-state index contributed by atoms with van der Waals surface area (Å²) in [6.07, 6.45) is 3.07. The number of aromatic nitrogens is 5. The van der Waals surface area contributed by atoms with Crippen LogP contribution in [0.2, 0.25) is 0 Å². The van der Waals surface area contributed by atoms with E-state index in [9.17, 15) is 4.79 Å². The molecule has 0 saturated carbocycles. The molecule has 2 rings (SSSR count). The molecule has 0 aromatic carbocycles. The minimum atomic E-state index is -0.0663. The first-order valence-electron chi connectivity index (χ1n) is 4.82. The van der Waals surface area contributed by atoms with E-state index < -0.39 is 0 Å². The molecule has 0 unspecified atom stereocenters. The Morgan fingerprint density at radius 1 is 1.59 bits per heavy atom. The number of thioether (sulfide) groups is 1. The van der Waals surface area contributed by atoms with Crippen LogP contribution in [0.15, 0.2) is 23.7 Å². The summed E-state index contributed by atoms with van der Waals surface area (Å²) in [5.74, 6) is 0.785. The Morgan fingerprint density at radius 3 is 3.18 bits per heavy atom. The summed E-state index contributed by atoms with van der Waals surface area (Å²) in [5.41, 5.74) is 0.666. The van der Waals surface area contributed by atoms with Crippen molar-refractivity contribution in [2.75, 3.05) is 12.8 Å². The van der Waals surface area contributed by atoms with Crippen LogP contribution in [0, 0.1) is 0 Å². The molecule has 0 aliphatic heterocycles. The van der Waals surface area contributed by atoms with Gasteiger partial charge in [-0.1, -0.05) is 11.8 Å². The minimum absolute atomic E-state index is 0.0663. The summed E-state index contributed by atoms with van der Waals surface area (Å²) in [5, 5.41) is 9.79. The van der Waals surface area contributed by atoms with Crippen LogP contribution in [0.5, 0.6) is 0 Å². The molecule has 2 aromatic rings. The zero-order valence-electron chi connectivity index (χ0n) is 9.04. The number of carbonyl (C=O) groups excluding carboxylic acids is 1. The fourth-order valence-electron chi connectivity index (χ4n) is 1.06. The highest BCUT2D eigenvalue weighted by atomic mass is 32.2. The molecular weight excluding hydrogens is 240 g/mol. The maximum Gasteiger partial charge on any atom is 0.230 e. The van der Waals surface area contributed by atoms with Crippen molar-refractivity contribution in [1.82, 2.24) is 30.5 Å². The Labute approximate surface area is 101 Å². The van der Waals surface area contributed by atoms with Gasteiger partial charge < -0.3 is 5.32 Å². The monoisotopic (exact) mass is 250 g/mol.